The fraction of sp³-hybridized carbons (Fsp3) is 0.450. The zero-order valence-electron chi connectivity index (χ0n) is 14.8. The molecule has 0 fully saturated rings. The summed E-state index contributed by atoms with van der Waals surface area (Å²) in [4.78, 5) is 12.1. The summed E-state index contributed by atoms with van der Waals surface area (Å²) < 4.78 is 4.82. The van der Waals surface area contributed by atoms with E-state index in [2.05, 4.69) is 12.7 Å². The summed E-state index contributed by atoms with van der Waals surface area (Å²) in [6.45, 7) is 9.92. The second kappa shape index (κ2) is 7.12. The molecule has 1 aromatic carbocycles. The fourth-order valence-electron chi connectivity index (χ4n) is 3.57. The number of carbonyl (C=O) groups excluding carboxylic acids is 1. The van der Waals surface area contributed by atoms with Crippen LogP contribution in [0.2, 0.25) is 0 Å². The number of phenols is 2. The van der Waals surface area contributed by atoms with Crippen molar-refractivity contribution in [3.05, 3.63) is 46.6 Å². The van der Waals surface area contributed by atoms with E-state index in [9.17, 15) is 15.0 Å². The number of hydrogen-bond acceptors (Lipinski definition) is 4. The number of aryl methyl sites for hydroxylation is 1. The van der Waals surface area contributed by atoms with Crippen molar-refractivity contribution in [2.45, 2.75) is 46.0 Å². The largest absolute Gasteiger partial charge is 0.507 e. The third-order valence-corrected chi connectivity index (χ3v) is 4.88. The molecule has 1 aromatic rings. The molecule has 1 aliphatic carbocycles. The number of methoxy groups -OCH3 is 1. The van der Waals surface area contributed by atoms with Gasteiger partial charge in [-0.2, -0.15) is 0 Å². The van der Waals surface area contributed by atoms with Crippen molar-refractivity contribution in [1.82, 2.24) is 0 Å². The number of carbonyl (C=O) groups is 1. The highest BCUT2D eigenvalue weighted by Gasteiger charge is 2.33. The van der Waals surface area contributed by atoms with E-state index in [-0.39, 0.29) is 28.9 Å². The first-order valence-corrected chi connectivity index (χ1v) is 8.30. The maximum Gasteiger partial charge on any atom is 0.341 e. The average Bonchev–Trinajstić information content (AvgIpc) is 2.53. The standard InChI is InChI=1S/C20H26O4/c1-6-13-10-16(21)18(19(22)17(13)20(23)24-5)15-9-12(4)7-8-14(15)11(2)3/h9-10,14-15,21-22H,2,6-8H2,1,3-5H3/t14-,15+/m1/s1. The SMILES string of the molecule is C=C(C)[C@H]1CCC(C)=C[C@@H]1c1c(O)cc(CC)c(C(=O)OC)c1O. The summed E-state index contributed by atoms with van der Waals surface area (Å²) in [6.07, 6.45) is 4.44. The van der Waals surface area contributed by atoms with Crippen molar-refractivity contribution in [3.8, 4) is 11.5 Å². The van der Waals surface area contributed by atoms with Gasteiger partial charge in [0.1, 0.15) is 17.1 Å². The summed E-state index contributed by atoms with van der Waals surface area (Å²) in [6, 6.07) is 1.56. The topological polar surface area (TPSA) is 66.8 Å². The van der Waals surface area contributed by atoms with Crippen molar-refractivity contribution in [3.63, 3.8) is 0 Å². The Morgan fingerprint density at radius 3 is 2.62 bits per heavy atom. The van der Waals surface area contributed by atoms with Gasteiger partial charge < -0.3 is 14.9 Å². The lowest BCUT2D eigenvalue weighted by Crippen LogP contribution is -2.18. The molecule has 0 radical (unpaired) electrons. The van der Waals surface area contributed by atoms with Crippen molar-refractivity contribution in [2.75, 3.05) is 7.11 Å². The highest BCUT2D eigenvalue weighted by molar-refractivity contribution is 5.95. The van der Waals surface area contributed by atoms with Crippen LogP contribution in [0.5, 0.6) is 11.5 Å². The molecular weight excluding hydrogens is 304 g/mol. The number of aromatic hydroxyl groups is 2. The quantitative estimate of drug-likeness (QED) is 0.632. The summed E-state index contributed by atoms with van der Waals surface area (Å²) in [5.74, 6) is -0.844. The average molecular weight is 330 g/mol. The van der Waals surface area contributed by atoms with Gasteiger partial charge in [-0.05, 0) is 50.7 Å². The molecule has 0 saturated carbocycles. The predicted molar refractivity (Wildman–Crippen MR) is 94.5 cm³/mol. The molecule has 0 unspecified atom stereocenters. The predicted octanol–water partition coefficient (Wildman–Crippen LogP) is 4.46. The maximum absolute atomic E-state index is 12.1. The van der Waals surface area contributed by atoms with Gasteiger partial charge >= 0.3 is 5.97 Å². The molecule has 24 heavy (non-hydrogen) atoms. The van der Waals surface area contributed by atoms with Crippen LogP contribution in [-0.2, 0) is 11.2 Å². The minimum Gasteiger partial charge on any atom is -0.507 e. The molecule has 0 amide bonds. The molecule has 2 N–H and O–H groups in total. The van der Waals surface area contributed by atoms with Gasteiger partial charge in [0.15, 0.2) is 0 Å². The zero-order valence-corrected chi connectivity index (χ0v) is 14.8. The highest BCUT2D eigenvalue weighted by atomic mass is 16.5. The van der Waals surface area contributed by atoms with Crippen molar-refractivity contribution >= 4 is 5.97 Å². The molecule has 0 heterocycles. The number of rotatable bonds is 4. The Bertz CT molecular complexity index is 700. The Hall–Kier alpha value is -2.23. The lowest BCUT2D eigenvalue weighted by atomic mass is 9.73. The molecule has 130 valence electrons. The Labute approximate surface area is 143 Å². The van der Waals surface area contributed by atoms with E-state index >= 15 is 0 Å². The van der Waals surface area contributed by atoms with Crippen LogP contribution in [0.15, 0.2) is 29.9 Å². The summed E-state index contributed by atoms with van der Waals surface area (Å²) >= 11 is 0. The first-order valence-electron chi connectivity index (χ1n) is 8.30. The minimum absolute atomic E-state index is 0.0132. The van der Waals surface area contributed by atoms with Crippen LogP contribution in [0.3, 0.4) is 0 Å². The van der Waals surface area contributed by atoms with Crippen LogP contribution in [-0.4, -0.2) is 23.3 Å². The van der Waals surface area contributed by atoms with Crippen LogP contribution in [0, 0.1) is 5.92 Å². The van der Waals surface area contributed by atoms with Gasteiger partial charge in [-0.15, -0.1) is 0 Å². The van der Waals surface area contributed by atoms with Crippen LogP contribution < -0.4 is 0 Å². The number of ether oxygens (including phenoxy) is 1. The smallest absolute Gasteiger partial charge is 0.341 e. The van der Waals surface area contributed by atoms with Gasteiger partial charge in [0.25, 0.3) is 0 Å². The van der Waals surface area contributed by atoms with E-state index in [4.69, 9.17) is 4.74 Å². The van der Waals surface area contributed by atoms with Gasteiger partial charge in [-0.3, -0.25) is 0 Å². The first kappa shape index (κ1) is 18.1. The fourth-order valence-corrected chi connectivity index (χ4v) is 3.57. The Morgan fingerprint density at radius 1 is 1.42 bits per heavy atom. The Balaban J connectivity index is 2.71. The van der Waals surface area contributed by atoms with E-state index < -0.39 is 5.97 Å². The van der Waals surface area contributed by atoms with Crippen molar-refractivity contribution in [2.24, 2.45) is 5.92 Å². The van der Waals surface area contributed by atoms with E-state index in [1.165, 1.54) is 12.7 Å². The Morgan fingerprint density at radius 2 is 2.08 bits per heavy atom. The third kappa shape index (κ3) is 3.18. The molecule has 0 aromatic heterocycles. The second-order valence-electron chi connectivity index (χ2n) is 6.57. The van der Waals surface area contributed by atoms with Crippen molar-refractivity contribution < 1.29 is 19.7 Å². The normalized spacial score (nSPS) is 20.4. The lowest BCUT2D eigenvalue weighted by molar-refractivity contribution is 0.0596. The number of phenolic OH excluding ortho intramolecular Hbond substituents is 2. The minimum atomic E-state index is -0.589. The molecule has 4 heteroatoms. The monoisotopic (exact) mass is 330 g/mol. The number of hydrogen-bond donors (Lipinski definition) is 2. The van der Waals surface area contributed by atoms with Gasteiger partial charge in [-0.1, -0.05) is 30.7 Å². The highest BCUT2D eigenvalue weighted by Crippen LogP contribution is 2.48. The summed E-state index contributed by atoms with van der Waals surface area (Å²) in [5, 5.41) is 21.4. The molecule has 4 nitrogen and oxygen atoms in total. The molecule has 0 saturated heterocycles. The van der Waals surface area contributed by atoms with Gasteiger partial charge in [-0.25, -0.2) is 4.79 Å². The Kier molecular flexibility index (Phi) is 5.37. The van der Waals surface area contributed by atoms with Crippen LogP contribution in [0.25, 0.3) is 0 Å². The second-order valence-corrected chi connectivity index (χ2v) is 6.57. The van der Waals surface area contributed by atoms with Gasteiger partial charge in [0.2, 0.25) is 0 Å². The first-order chi connectivity index (χ1) is 11.3. The maximum atomic E-state index is 12.1. The number of esters is 1. The lowest BCUT2D eigenvalue weighted by Gasteiger charge is -2.32. The van der Waals surface area contributed by atoms with E-state index in [0.29, 0.717) is 17.5 Å². The number of benzene rings is 1. The van der Waals surface area contributed by atoms with Crippen LogP contribution in [0.1, 0.15) is 61.0 Å². The van der Waals surface area contributed by atoms with Gasteiger partial charge in [0.05, 0.1) is 7.11 Å². The van der Waals surface area contributed by atoms with E-state index in [1.54, 1.807) is 6.07 Å². The summed E-state index contributed by atoms with van der Waals surface area (Å²) in [5.41, 5.74) is 3.31. The molecule has 0 aliphatic heterocycles. The van der Waals surface area contributed by atoms with Crippen LogP contribution in [0.4, 0.5) is 0 Å². The van der Waals surface area contributed by atoms with Gasteiger partial charge in [0, 0.05) is 11.5 Å². The molecule has 0 bridgehead atoms. The molecule has 2 rings (SSSR count). The molecule has 2 atom stereocenters. The van der Waals surface area contributed by atoms with Crippen molar-refractivity contribution in [1.29, 1.82) is 0 Å². The van der Waals surface area contributed by atoms with Crippen LogP contribution >= 0.6 is 0 Å². The summed E-state index contributed by atoms with van der Waals surface area (Å²) in [7, 11) is 1.29. The molecule has 1 aliphatic rings. The van der Waals surface area contributed by atoms with E-state index in [1.807, 2.05) is 20.8 Å². The molecule has 0 spiro atoms. The van der Waals surface area contributed by atoms with E-state index in [0.717, 1.165) is 18.4 Å². The third-order valence-electron chi connectivity index (χ3n) is 4.88. The molecular formula is C20H26O4. The number of allylic oxidation sites excluding steroid dienone is 3. The zero-order chi connectivity index (χ0) is 18.0.